The Morgan fingerprint density at radius 3 is 2.64 bits per heavy atom. The zero-order chi connectivity index (χ0) is 16.5. The van der Waals surface area contributed by atoms with Crippen molar-refractivity contribution >= 4 is 10.0 Å². The fourth-order valence-electron chi connectivity index (χ4n) is 2.51. The molecule has 9 heteroatoms. The average Bonchev–Trinajstić information content (AvgIpc) is 2.36. The van der Waals surface area contributed by atoms with Crippen LogP contribution in [0.3, 0.4) is 0 Å². The molecule has 1 heterocycles. The van der Waals surface area contributed by atoms with E-state index in [9.17, 15) is 21.6 Å². The van der Waals surface area contributed by atoms with Gasteiger partial charge in [0.25, 0.3) is 0 Å². The van der Waals surface area contributed by atoms with E-state index in [4.69, 9.17) is 5.73 Å². The average molecular weight is 338 g/mol. The summed E-state index contributed by atoms with van der Waals surface area (Å²) in [5, 5.41) is 0. The number of sulfonamides is 1. The van der Waals surface area contributed by atoms with Gasteiger partial charge in [-0.25, -0.2) is 8.42 Å². The van der Waals surface area contributed by atoms with Crippen molar-refractivity contribution in [3.05, 3.63) is 24.3 Å². The fraction of sp³-hybridized carbons (Fsp3) is 0.538. The van der Waals surface area contributed by atoms with Gasteiger partial charge in [0.15, 0.2) is 0 Å². The Morgan fingerprint density at radius 2 is 2.05 bits per heavy atom. The number of nitrogens with two attached hydrogens (primary N) is 1. The van der Waals surface area contributed by atoms with Crippen LogP contribution in [0, 0.1) is 0 Å². The summed E-state index contributed by atoms with van der Waals surface area (Å²) in [6.45, 7) is 1.97. The molecule has 0 aliphatic carbocycles. The minimum Gasteiger partial charge on any atom is -0.406 e. The van der Waals surface area contributed by atoms with Crippen molar-refractivity contribution in [1.29, 1.82) is 0 Å². The molecule has 2 N–H and O–H groups in total. The Hall–Kier alpha value is -1.32. The number of hydrogen-bond donors (Lipinski definition) is 1. The van der Waals surface area contributed by atoms with Gasteiger partial charge < -0.3 is 10.5 Å². The number of rotatable bonds is 3. The van der Waals surface area contributed by atoms with Gasteiger partial charge in [-0.3, -0.25) is 0 Å². The quantitative estimate of drug-likeness (QED) is 0.916. The van der Waals surface area contributed by atoms with Gasteiger partial charge in [-0.1, -0.05) is 6.07 Å². The van der Waals surface area contributed by atoms with Crippen molar-refractivity contribution in [3.8, 4) is 5.75 Å². The SMILES string of the molecule is C[C@H]1C[C@@H](N)CCN1S(=O)(=O)c1cccc(OC(F)(F)F)c1. The zero-order valence-electron chi connectivity index (χ0n) is 11.9. The second-order valence-electron chi connectivity index (χ2n) is 5.27. The molecule has 0 aromatic heterocycles. The largest absolute Gasteiger partial charge is 0.573 e. The summed E-state index contributed by atoms with van der Waals surface area (Å²) < 4.78 is 66.9. The molecule has 0 bridgehead atoms. The van der Waals surface area contributed by atoms with Gasteiger partial charge >= 0.3 is 6.36 Å². The maximum absolute atomic E-state index is 12.6. The van der Waals surface area contributed by atoms with E-state index in [1.165, 1.54) is 16.4 Å². The number of halogens is 3. The van der Waals surface area contributed by atoms with Gasteiger partial charge in [0.05, 0.1) is 4.90 Å². The minimum atomic E-state index is -4.87. The highest BCUT2D eigenvalue weighted by Crippen LogP contribution is 2.29. The molecule has 1 aromatic carbocycles. The topological polar surface area (TPSA) is 72.6 Å². The molecule has 1 saturated heterocycles. The molecule has 1 fully saturated rings. The molecule has 22 heavy (non-hydrogen) atoms. The third-order valence-corrected chi connectivity index (χ3v) is 5.51. The lowest BCUT2D eigenvalue weighted by molar-refractivity contribution is -0.274. The van der Waals surface area contributed by atoms with E-state index in [2.05, 4.69) is 4.74 Å². The fourth-order valence-corrected chi connectivity index (χ4v) is 4.20. The van der Waals surface area contributed by atoms with E-state index in [0.717, 1.165) is 12.1 Å². The summed E-state index contributed by atoms with van der Waals surface area (Å²) in [6.07, 6.45) is -3.84. The summed E-state index contributed by atoms with van der Waals surface area (Å²) >= 11 is 0. The van der Waals surface area contributed by atoms with Crippen LogP contribution in [0.1, 0.15) is 19.8 Å². The van der Waals surface area contributed by atoms with E-state index in [1.54, 1.807) is 6.92 Å². The van der Waals surface area contributed by atoms with Crippen LogP contribution < -0.4 is 10.5 Å². The van der Waals surface area contributed by atoms with E-state index >= 15 is 0 Å². The minimum absolute atomic E-state index is 0.0682. The molecule has 1 aliphatic rings. The van der Waals surface area contributed by atoms with E-state index in [1.807, 2.05) is 0 Å². The lowest BCUT2D eigenvalue weighted by Gasteiger charge is -2.35. The first kappa shape index (κ1) is 17.0. The lowest BCUT2D eigenvalue weighted by atomic mass is 10.0. The van der Waals surface area contributed by atoms with Gasteiger partial charge in [0.1, 0.15) is 5.75 Å². The third kappa shape index (κ3) is 3.90. The predicted molar refractivity (Wildman–Crippen MR) is 73.7 cm³/mol. The first-order valence-corrected chi connectivity index (χ1v) is 8.17. The molecule has 0 radical (unpaired) electrons. The summed E-state index contributed by atoms with van der Waals surface area (Å²) in [7, 11) is -3.88. The van der Waals surface area contributed by atoms with Crippen LogP contribution in [0.5, 0.6) is 5.75 Å². The highest BCUT2D eigenvalue weighted by molar-refractivity contribution is 7.89. The monoisotopic (exact) mass is 338 g/mol. The molecular weight excluding hydrogens is 321 g/mol. The molecule has 2 rings (SSSR count). The maximum atomic E-state index is 12.6. The molecule has 1 aliphatic heterocycles. The van der Waals surface area contributed by atoms with Gasteiger partial charge in [-0.05, 0) is 31.9 Å². The van der Waals surface area contributed by atoms with Gasteiger partial charge in [0, 0.05) is 24.7 Å². The molecule has 0 spiro atoms. The second-order valence-corrected chi connectivity index (χ2v) is 7.16. The summed E-state index contributed by atoms with van der Waals surface area (Å²) in [5.41, 5.74) is 5.80. The Kier molecular flexibility index (Phi) is 4.69. The third-order valence-electron chi connectivity index (χ3n) is 3.50. The summed E-state index contributed by atoms with van der Waals surface area (Å²) in [5.74, 6) is -0.560. The van der Waals surface area contributed by atoms with Gasteiger partial charge in [-0.2, -0.15) is 4.31 Å². The van der Waals surface area contributed by atoms with Crippen molar-refractivity contribution < 1.29 is 26.3 Å². The van der Waals surface area contributed by atoms with Crippen LogP contribution >= 0.6 is 0 Å². The highest BCUT2D eigenvalue weighted by atomic mass is 32.2. The van der Waals surface area contributed by atoms with Gasteiger partial charge in [-0.15, -0.1) is 13.2 Å². The predicted octanol–water partition coefficient (Wildman–Crippen LogP) is 2.09. The highest BCUT2D eigenvalue weighted by Gasteiger charge is 2.35. The van der Waals surface area contributed by atoms with Crippen LogP contribution in [0.2, 0.25) is 0 Å². The van der Waals surface area contributed by atoms with E-state index in [0.29, 0.717) is 12.8 Å². The number of benzene rings is 1. The first-order chi connectivity index (χ1) is 10.1. The zero-order valence-corrected chi connectivity index (χ0v) is 12.7. The van der Waals surface area contributed by atoms with Crippen LogP contribution in [-0.2, 0) is 10.0 Å². The lowest BCUT2D eigenvalue weighted by Crippen LogP contribution is -2.48. The normalized spacial score (nSPS) is 24.2. The van der Waals surface area contributed by atoms with Crippen LogP contribution in [0.15, 0.2) is 29.2 Å². The molecule has 0 saturated carbocycles. The van der Waals surface area contributed by atoms with Crippen molar-refractivity contribution in [2.75, 3.05) is 6.54 Å². The number of nitrogens with zero attached hydrogens (tertiary/aromatic N) is 1. The standard InChI is InChI=1S/C13H17F3N2O3S/c1-9-7-10(17)5-6-18(9)22(19,20)12-4-2-3-11(8-12)21-13(14,15)16/h2-4,8-10H,5-7,17H2,1H3/t9-,10-/m0/s1. The molecule has 5 nitrogen and oxygen atoms in total. The van der Waals surface area contributed by atoms with Crippen molar-refractivity contribution in [2.24, 2.45) is 5.73 Å². The van der Waals surface area contributed by atoms with Crippen molar-refractivity contribution in [2.45, 2.75) is 43.1 Å². The Labute approximate surface area is 126 Å². The van der Waals surface area contributed by atoms with Crippen LogP contribution in [-0.4, -0.2) is 37.7 Å². The Bertz CT molecular complexity index is 634. The Balaban J connectivity index is 2.28. The molecular formula is C13H17F3N2O3S. The maximum Gasteiger partial charge on any atom is 0.573 e. The molecule has 0 amide bonds. The van der Waals surface area contributed by atoms with Crippen LogP contribution in [0.25, 0.3) is 0 Å². The molecule has 124 valence electrons. The van der Waals surface area contributed by atoms with Crippen LogP contribution in [0.4, 0.5) is 13.2 Å². The molecule has 1 aromatic rings. The van der Waals surface area contributed by atoms with E-state index in [-0.39, 0.29) is 23.5 Å². The number of piperidine rings is 1. The van der Waals surface area contributed by atoms with Crippen molar-refractivity contribution in [3.63, 3.8) is 0 Å². The van der Waals surface area contributed by atoms with E-state index < -0.39 is 22.1 Å². The smallest absolute Gasteiger partial charge is 0.406 e. The molecule has 2 atom stereocenters. The molecule has 0 unspecified atom stereocenters. The summed E-state index contributed by atoms with van der Waals surface area (Å²) in [6, 6.07) is 4.03. The van der Waals surface area contributed by atoms with Gasteiger partial charge in [0.2, 0.25) is 10.0 Å². The number of ether oxygens (including phenoxy) is 1. The first-order valence-electron chi connectivity index (χ1n) is 6.73. The Morgan fingerprint density at radius 1 is 1.36 bits per heavy atom. The number of hydrogen-bond acceptors (Lipinski definition) is 4. The van der Waals surface area contributed by atoms with Crippen molar-refractivity contribution in [1.82, 2.24) is 4.31 Å². The number of alkyl halides is 3. The summed E-state index contributed by atoms with van der Waals surface area (Å²) in [4.78, 5) is -0.225. The second kappa shape index (κ2) is 6.05.